The predicted octanol–water partition coefficient (Wildman–Crippen LogP) is 3.29. The summed E-state index contributed by atoms with van der Waals surface area (Å²) in [6.07, 6.45) is 0.0232. The maximum absolute atomic E-state index is 13.2. The number of hydrogen-bond acceptors (Lipinski definition) is 5. The van der Waals surface area contributed by atoms with Crippen LogP contribution in [-0.4, -0.2) is 17.5 Å². The highest BCUT2D eigenvalue weighted by Crippen LogP contribution is 2.38. The summed E-state index contributed by atoms with van der Waals surface area (Å²) in [6.45, 7) is 4.44. The molecule has 0 fully saturated rings. The minimum absolute atomic E-state index is 0.0232. The lowest BCUT2D eigenvalue weighted by molar-refractivity contribution is 0.245. The Hall–Kier alpha value is -1.82. The van der Waals surface area contributed by atoms with Crippen molar-refractivity contribution in [3.05, 3.63) is 35.6 Å². The zero-order chi connectivity index (χ0) is 14.7. The molecule has 2 N–H and O–H groups in total. The SMILES string of the molecule is CC(C)Oc1c(N)nsc1N(C)Cc1cccc(F)c1. The Morgan fingerprint density at radius 1 is 1.45 bits per heavy atom. The molecule has 0 aliphatic heterocycles. The van der Waals surface area contributed by atoms with Crippen molar-refractivity contribution in [1.29, 1.82) is 0 Å². The fraction of sp³-hybridized carbons (Fsp3) is 0.357. The Kier molecular flexibility index (Phi) is 4.44. The molecule has 20 heavy (non-hydrogen) atoms. The second kappa shape index (κ2) is 6.09. The van der Waals surface area contributed by atoms with Crippen molar-refractivity contribution in [2.75, 3.05) is 17.7 Å². The van der Waals surface area contributed by atoms with E-state index in [-0.39, 0.29) is 11.9 Å². The molecule has 1 aromatic heterocycles. The van der Waals surface area contributed by atoms with Gasteiger partial charge in [-0.05, 0) is 43.1 Å². The second-order valence-electron chi connectivity index (χ2n) is 4.85. The Bertz CT molecular complexity index is 586. The number of benzene rings is 1. The molecule has 0 saturated carbocycles. The average molecular weight is 295 g/mol. The number of nitrogens with zero attached hydrogens (tertiary/aromatic N) is 2. The summed E-state index contributed by atoms with van der Waals surface area (Å²) < 4.78 is 23.0. The summed E-state index contributed by atoms with van der Waals surface area (Å²) >= 11 is 1.28. The number of anilines is 2. The van der Waals surface area contributed by atoms with Crippen LogP contribution >= 0.6 is 11.5 Å². The number of halogens is 1. The number of ether oxygens (including phenoxy) is 1. The lowest BCUT2D eigenvalue weighted by atomic mass is 10.2. The monoisotopic (exact) mass is 295 g/mol. The first-order valence-electron chi connectivity index (χ1n) is 6.34. The van der Waals surface area contributed by atoms with E-state index in [4.69, 9.17) is 10.5 Å². The fourth-order valence-corrected chi connectivity index (χ4v) is 2.56. The highest BCUT2D eigenvalue weighted by atomic mass is 32.1. The van der Waals surface area contributed by atoms with E-state index in [0.717, 1.165) is 10.6 Å². The third-order valence-corrected chi connectivity index (χ3v) is 3.62. The van der Waals surface area contributed by atoms with Crippen molar-refractivity contribution in [2.45, 2.75) is 26.5 Å². The topological polar surface area (TPSA) is 51.4 Å². The first-order chi connectivity index (χ1) is 9.47. The van der Waals surface area contributed by atoms with Crippen molar-refractivity contribution < 1.29 is 9.13 Å². The molecule has 6 heteroatoms. The number of rotatable bonds is 5. The second-order valence-corrected chi connectivity index (χ2v) is 5.61. The van der Waals surface area contributed by atoms with Gasteiger partial charge in [-0.2, -0.15) is 4.37 Å². The molecular formula is C14H18FN3OS. The van der Waals surface area contributed by atoms with E-state index in [2.05, 4.69) is 4.37 Å². The molecule has 4 nitrogen and oxygen atoms in total. The van der Waals surface area contributed by atoms with Gasteiger partial charge in [-0.3, -0.25) is 0 Å². The van der Waals surface area contributed by atoms with E-state index in [1.807, 2.05) is 31.9 Å². The molecule has 0 aliphatic rings. The standard InChI is InChI=1S/C14H18FN3OS/c1-9(2)19-12-13(16)17-20-14(12)18(3)8-10-5-4-6-11(15)7-10/h4-7,9H,8H2,1-3H3,(H2,16,17). The van der Waals surface area contributed by atoms with Crippen LogP contribution in [0.4, 0.5) is 15.2 Å². The zero-order valence-electron chi connectivity index (χ0n) is 11.8. The molecular weight excluding hydrogens is 277 g/mol. The van der Waals surface area contributed by atoms with Crippen LogP contribution in [0.1, 0.15) is 19.4 Å². The molecule has 0 saturated heterocycles. The number of nitrogens with two attached hydrogens (primary N) is 1. The highest BCUT2D eigenvalue weighted by molar-refractivity contribution is 7.11. The van der Waals surface area contributed by atoms with Gasteiger partial charge in [0, 0.05) is 13.6 Å². The van der Waals surface area contributed by atoms with Gasteiger partial charge in [0.15, 0.2) is 16.6 Å². The lowest BCUT2D eigenvalue weighted by Gasteiger charge is -2.19. The van der Waals surface area contributed by atoms with E-state index in [0.29, 0.717) is 18.1 Å². The average Bonchev–Trinajstić information content (AvgIpc) is 2.70. The van der Waals surface area contributed by atoms with Gasteiger partial charge in [-0.1, -0.05) is 12.1 Å². The van der Waals surface area contributed by atoms with E-state index >= 15 is 0 Å². The summed E-state index contributed by atoms with van der Waals surface area (Å²) in [5.74, 6) is 0.757. The quantitative estimate of drug-likeness (QED) is 0.919. The van der Waals surface area contributed by atoms with Crippen molar-refractivity contribution in [3.8, 4) is 5.75 Å². The normalized spacial score (nSPS) is 10.8. The molecule has 0 unspecified atom stereocenters. The lowest BCUT2D eigenvalue weighted by Crippen LogP contribution is -2.17. The van der Waals surface area contributed by atoms with Gasteiger partial charge in [-0.25, -0.2) is 4.39 Å². The van der Waals surface area contributed by atoms with Crippen LogP contribution in [0.5, 0.6) is 5.75 Å². The van der Waals surface area contributed by atoms with E-state index in [1.165, 1.54) is 23.7 Å². The maximum Gasteiger partial charge on any atom is 0.198 e. The summed E-state index contributed by atoms with van der Waals surface area (Å²) in [4.78, 5) is 1.96. The summed E-state index contributed by atoms with van der Waals surface area (Å²) in [7, 11) is 1.91. The Morgan fingerprint density at radius 3 is 2.85 bits per heavy atom. The van der Waals surface area contributed by atoms with E-state index in [9.17, 15) is 4.39 Å². The van der Waals surface area contributed by atoms with Gasteiger partial charge in [0.05, 0.1) is 6.10 Å². The van der Waals surface area contributed by atoms with Gasteiger partial charge in [0.1, 0.15) is 5.82 Å². The van der Waals surface area contributed by atoms with Crippen LogP contribution < -0.4 is 15.4 Å². The minimum Gasteiger partial charge on any atom is -0.484 e. The molecule has 1 aromatic carbocycles. The predicted molar refractivity (Wildman–Crippen MR) is 80.8 cm³/mol. The van der Waals surface area contributed by atoms with Crippen molar-refractivity contribution in [3.63, 3.8) is 0 Å². The molecule has 1 heterocycles. The molecule has 0 radical (unpaired) electrons. The van der Waals surface area contributed by atoms with Crippen LogP contribution in [0.3, 0.4) is 0 Å². The largest absolute Gasteiger partial charge is 0.484 e. The van der Waals surface area contributed by atoms with Crippen LogP contribution in [0.2, 0.25) is 0 Å². The number of hydrogen-bond donors (Lipinski definition) is 1. The van der Waals surface area contributed by atoms with Gasteiger partial charge >= 0.3 is 0 Å². The Balaban J connectivity index is 2.19. The van der Waals surface area contributed by atoms with Gasteiger partial charge in [0.2, 0.25) is 0 Å². The summed E-state index contributed by atoms with van der Waals surface area (Å²) in [5, 5.41) is 0.848. The molecule has 2 aromatic rings. The third kappa shape index (κ3) is 3.39. The number of nitrogen functional groups attached to an aromatic ring is 1. The molecule has 0 bridgehead atoms. The van der Waals surface area contributed by atoms with Crippen molar-refractivity contribution in [1.82, 2.24) is 4.37 Å². The fourth-order valence-electron chi connectivity index (χ4n) is 1.86. The van der Waals surface area contributed by atoms with Crippen LogP contribution in [-0.2, 0) is 6.54 Å². The Morgan fingerprint density at radius 2 is 2.20 bits per heavy atom. The smallest absolute Gasteiger partial charge is 0.198 e. The van der Waals surface area contributed by atoms with Gasteiger partial charge in [-0.15, -0.1) is 0 Å². The zero-order valence-corrected chi connectivity index (χ0v) is 12.6. The highest BCUT2D eigenvalue weighted by Gasteiger charge is 2.18. The van der Waals surface area contributed by atoms with Crippen LogP contribution in [0.15, 0.2) is 24.3 Å². The van der Waals surface area contributed by atoms with Crippen LogP contribution in [0, 0.1) is 5.82 Å². The molecule has 2 rings (SSSR count). The number of aromatic nitrogens is 1. The molecule has 0 amide bonds. The molecule has 108 valence electrons. The summed E-state index contributed by atoms with van der Waals surface area (Å²) in [6, 6.07) is 6.53. The first-order valence-corrected chi connectivity index (χ1v) is 7.12. The van der Waals surface area contributed by atoms with Gasteiger partial charge < -0.3 is 15.4 Å². The maximum atomic E-state index is 13.2. The third-order valence-electron chi connectivity index (χ3n) is 2.67. The molecule has 0 atom stereocenters. The first kappa shape index (κ1) is 14.6. The summed E-state index contributed by atoms with van der Waals surface area (Å²) in [5.41, 5.74) is 6.72. The van der Waals surface area contributed by atoms with Crippen molar-refractivity contribution in [2.24, 2.45) is 0 Å². The molecule has 0 aliphatic carbocycles. The minimum atomic E-state index is -0.238. The van der Waals surface area contributed by atoms with Crippen molar-refractivity contribution >= 4 is 22.4 Å². The van der Waals surface area contributed by atoms with Gasteiger partial charge in [0.25, 0.3) is 0 Å². The van der Waals surface area contributed by atoms with E-state index in [1.54, 1.807) is 6.07 Å². The molecule has 0 spiro atoms. The Labute approximate surface area is 122 Å². The van der Waals surface area contributed by atoms with Crippen LogP contribution in [0.25, 0.3) is 0 Å². The van der Waals surface area contributed by atoms with E-state index < -0.39 is 0 Å².